The first-order chi connectivity index (χ1) is 5.86. The largest absolute Gasteiger partial charge is 0.334 e. The summed E-state index contributed by atoms with van der Waals surface area (Å²) in [4.78, 5) is 4.08. The van der Waals surface area contributed by atoms with Gasteiger partial charge in [0.25, 0.3) is 0 Å². The second-order valence-corrected chi connectivity index (χ2v) is 3.92. The van der Waals surface area contributed by atoms with Gasteiger partial charge in [0.2, 0.25) is 0 Å². The van der Waals surface area contributed by atoms with Crippen LogP contribution >= 0.6 is 0 Å². The zero-order chi connectivity index (χ0) is 8.39. The Labute approximate surface area is 73.6 Å². The molecule has 1 fully saturated rings. The molecule has 2 nitrogen and oxygen atoms in total. The number of rotatable bonds is 1. The lowest BCUT2D eigenvalue weighted by Crippen LogP contribution is -2.15. The number of hydrogen-bond acceptors (Lipinski definition) is 1. The van der Waals surface area contributed by atoms with Crippen molar-refractivity contribution < 1.29 is 0 Å². The Kier molecular flexibility index (Phi) is 2.15. The van der Waals surface area contributed by atoms with Gasteiger partial charge in [-0.3, -0.25) is 0 Å². The maximum atomic E-state index is 4.08. The molecule has 0 spiro atoms. The second-order valence-electron chi connectivity index (χ2n) is 3.92. The third-order valence-corrected chi connectivity index (χ3v) is 2.93. The van der Waals surface area contributed by atoms with Crippen molar-refractivity contribution in [2.45, 2.75) is 38.6 Å². The third-order valence-electron chi connectivity index (χ3n) is 2.93. The van der Waals surface area contributed by atoms with Crippen molar-refractivity contribution in [2.75, 3.05) is 0 Å². The molecule has 1 aliphatic carbocycles. The molecule has 12 heavy (non-hydrogen) atoms. The normalized spacial score (nSPS) is 30.4. The van der Waals surface area contributed by atoms with E-state index in [4.69, 9.17) is 0 Å². The molecule has 0 aliphatic heterocycles. The Bertz CT molecular complexity index is 220. The number of hydrogen-bond donors (Lipinski definition) is 0. The minimum absolute atomic E-state index is 0.726. The van der Waals surface area contributed by atoms with E-state index in [1.807, 2.05) is 12.5 Å². The molecule has 0 aromatic carbocycles. The molecule has 0 N–H and O–H groups in total. The first kappa shape index (κ1) is 7.84. The molecule has 0 radical (unpaired) electrons. The maximum absolute atomic E-state index is 4.08. The summed E-state index contributed by atoms with van der Waals surface area (Å²) in [6, 6.07) is 0.726. The van der Waals surface area contributed by atoms with Crippen molar-refractivity contribution in [1.82, 2.24) is 9.55 Å². The molecule has 0 unspecified atom stereocenters. The Morgan fingerprint density at radius 3 is 2.58 bits per heavy atom. The van der Waals surface area contributed by atoms with Crippen molar-refractivity contribution in [2.24, 2.45) is 5.92 Å². The van der Waals surface area contributed by atoms with Crippen LogP contribution in [0.5, 0.6) is 0 Å². The molecule has 2 rings (SSSR count). The lowest BCUT2D eigenvalue weighted by molar-refractivity contribution is 0.289. The second kappa shape index (κ2) is 3.30. The molecule has 66 valence electrons. The van der Waals surface area contributed by atoms with E-state index in [2.05, 4.69) is 22.7 Å². The summed E-state index contributed by atoms with van der Waals surface area (Å²) < 4.78 is 2.26. The Morgan fingerprint density at radius 2 is 2.00 bits per heavy atom. The molecule has 1 aliphatic rings. The average molecular weight is 164 g/mol. The summed E-state index contributed by atoms with van der Waals surface area (Å²) in [5.41, 5.74) is 0. The van der Waals surface area contributed by atoms with Gasteiger partial charge in [-0.05, 0) is 31.6 Å². The molecule has 0 atom stereocenters. The molecule has 0 saturated heterocycles. The molecule has 0 bridgehead atoms. The summed E-state index contributed by atoms with van der Waals surface area (Å²) in [5, 5.41) is 0. The molecule has 1 saturated carbocycles. The first-order valence-electron chi connectivity index (χ1n) is 4.83. The Hall–Kier alpha value is -0.790. The van der Waals surface area contributed by atoms with E-state index >= 15 is 0 Å². The molecular formula is C10H16N2. The van der Waals surface area contributed by atoms with Gasteiger partial charge in [0.15, 0.2) is 0 Å². The van der Waals surface area contributed by atoms with E-state index in [9.17, 15) is 0 Å². The fourth-order valence-electron chi connectivity index (χ4n) is 2.03. The lowest BCUT2D eigenvalue weighted by atomic mass is 9.87. The minimum Gasteiger partial charge on any atom is -0.334 e. The number of imidazole rings is 1. The monoisotopic (exact) mass is 164 g/mol. The zero-order valence-electron chi connectivity index (χ0n) is 7.61. The van der Waals surface area contributed by atoms with Crippen molar-refractivity contribution in [3.05, 3.63) is 18.7 Å². The van der Waals surface area contributed by atoms with Crippen molar-refractivity contribution in [3.8, 4) is 0 Å². The van der Waals surface area contributed by atoms with Gasteiger partial charge >= 0.3 is 0 Å². The van der Waals surface area contributed by atoms with Gasteiger partial charge in [-0.2, -0.15) is 0 Å². The SMILES string of the molecule is CC1CCC(n2ccnc2)CC1. The van der Waals surface area contributed by atoms with Crippen molar-refractivity contribution >= 4 is 0 Å². The molecule has 1 aromatic heterocycles. The van der Waals surface area contributed by atoms with Crippen LogP contribution < -0.4 is 0 Å². The first-order valence-corrected chi connectivity index (χ1v) is 4.83. The lowest BCUT2D eigenvalue weighted by Gasteiger charge is -2.26. The molecule has 0 amide bonds. The smallest absolute Gasteiger partial charge is 0.0948 e. The van der Waals surface area contributed by atoms with E-state index in [1.54, 1.807) is 0 Å². The molecule has 2 heteroatoms. The summed E-state index contributed by atoms with van der Waals surface area (Å²) in [7, 11) is 0. The van der Waals surface area contributed by atoms with Gasteiger partial charge in [-0.15, -0.1) is 0 Å². The topological polar surface area (TPSA) is 17.8 Å². The van der Waals surface area contributed by atoms with Gasteiger partial charge in [-0.1, -0.05) is 6.92 Å². The van der Waals surface area contributed by atoms with E-state index in [0.29, 0.717) is 0 Å². The van der Waals surface area contributed by atoms with Crippen LogP contribution in [-0.4, -0.2) is 9.55 Å². The van der Waals surface area contributed by atoms with Crippen LogP contribution in [0.1, 0.15) is 38.6 Å². The zero-order valence-corrected chi connectivity index (χ0v) is 7.61. The highest BCUT2D eigenvalue weighted by atomic mass is 15.0. The highest BCUT2D eigenvalue weighted by molar-refractivity contribution is 4.83. The van der Waals surface area contributed by atoms with Crippen LogP contribution in [0.25, 0.3) is 0 Å². The summed E-state index contributed by atoms with van der Waals surface area (Å²) in [6.07, 6.45) is 11.3. The van der Waals surface area contributed by atoms with Crippen LogP contribution in [0, 0.1) is 5.92 Å². The molecule has 1 aromatic rings. The van der Waals surface area contributed by atoms with Crippen LogP contribution in [0.15, 0.2) is 18.7 Å². The third kappa shape index (κ3) is 1.52. The predicted octanol–water partition coefficient (Wildman–Crippen LogP) is 2.63. The molecular weight excluding hydrogens is 148 g/mol. The van der Waals surface area contributed by atoms with Crippen LogP contribution in [0.3, 0.4) is 0 Å². The average Bonchev–Trinajstić information content (AvgIpc) is 2.58. The van der Waals surface area contributed by atoms with Crippen LogP contribution in [0.4, 0.5) is 0 Å². The highest BCUT2D eigenvalue weighted by Crippen LogP contribution is 2.31. The number of aromatic nitrogens is 2. The fraction of sp³-hybridized carbons (Fsp3) is 0.700. The fourth-order valence-corrected chi connectivity index (χ4v) is 2.03. The van der Waals surface area contributed by atoms with Gasteiger partial charge < -0.3 is 4.57 Å². The standard InChI is InChI=1S/C10H16N2/c1-9-2-4-10(5-3-9)12-7-6-11-8-12/h6-10H,2-5H2,1H3. The van der Waals surface area contributed by atoms with Crippen molar-refractivity contribution in [3.63, 3.8) is 0 Å². The summed E-state index contributed by atoms with van der Waals surface area (Å²) in [5.74, 6) is 0.935. The minimum atomic E-state index is 0.726. The quantitative estimate of drug-likeness (QED) is 0.624. The Morgan fingerprint density at radius 1 is 1.25 bits per heavy atom. The van der Waals surface area contributed by atoms with Crippen LogP contribution in [0.2, 0.25) is 0 Å². The van der Waals surface area contributed by atoms with Gasteiger partial charge in [0.05, 0.1) is 6.33 Å². The van der Waals surface area contributed by atoms with E-state index in [-0.39, 0.29) is 0 Å². The predicted molar refractivity (Wildman–Crippen MR) is 48.9 cm³/mol. The molecule has 1 heterocycles. The summed E-state index contributed by atoms with van der Waals surface area (Å²) in [6.45, 7) is 2.35. The number of nitrogens with zero attached hydrogens (tertiary/aromatic N) is 2. The van der Waals surface area contributed by atoms with E-state index in [0.717, 1.165) is 12.0 Å². The maximum Gasteiger partial charge on any atom is 0.0948 e. The van der Waals surface area contributed by atoms with Gasteiger partial charge in [0, 0.05) is 18.4 Å². The van der Waals surface area contributed by atoms with E-state index < -0.39 is 0 Å². The summed E-state index contributed by atoms with van der Waals surface area (Å²) >= 11 is 0. The Balaban J connectivity index is 1.99. The van der Waals surface area contributed by atoms with Gasteiger partial charge in [-0.25, -0.2) is 4.98 Å². The highest BCUT2D eigenvalue weighted by Gasteiger charge is 2.18. The van der Waals surface area contributed by atoms with Crippen LogP contribution in [-0.2, 0) is 0 Å². The van der Waals surface area contributed by atoms with Crippen molar-refractivity contribution in [1.29, 1.82) is 0 Å². The van der Waals surface area contributed by atoms with Gasteiger partial charge in [0.1, 0.15) is 0 Å². The van der Waals surface area contributed by atoms with E-state index in [1.165, 1.54) is 25.7 Å².